The molecule has 1 N–H and O–H groups in total. The summed E-state index contributed by atoms with van der Waals surface area (Å²) in [6, 6.07) is 3.90. The van der Waals surface area contributed by atoms with Crippen LogP contribution in [0, 0.1) is 12.3 Å². The third kappa shape index (κ3) is 2.86. The first-order chi connectivity index (χ1) is 9.62. The van der Waals surface area contributed by atoms with Gasteiger partial charge in [-0.1, -0.05) is 13.8 Å². The molecule has 0 aliphatic heterocycles. The summed E-state index contributed by atoms with van der Waals surface area (Å²) in [5.41, 5.74) is 2.06. The van der Waals surface area contributed by atoms with E-state index in [1.165, 1.54) is 0 Å². The summed E-state index contributed by atoms with van der Waals surface area (Å²) in [6.45, 7) is 7.89. The topological polar surface area (TPSA) is 38.3 Å². The molecule has 1 amide bonds. The van der Waals surface area contributed by atoms with Crippen molar-refractivity contribution in [3.63, 3.8) is 0 Å². The van der Waals surface area contributed by atoms with E-state index in [1.807, 2.05) is 19.1 Å². The lowest BCUT2D eigenvalue weighted by Gasteiger charge is -2.18. The van der Waals surface area contributed by atoms with Gasteiger partial charge in [-0.3, -0.25) is 4.79 Å². The molecule has 1 aliphatic carbocycles. The van der Waals surface area contributed by atoms with Gasteiger partial charge >= 0.3 is 0 Å². The summed E-state index contributed by atoms with van der Waals surface area (Å²) in [7, 11) is 1.65. The van der Waals surface area contributed by atoms with Crippen molar-refractivity contribution in [1.29, 1.82) is 0 Å². The number of anilines is 1. The highest BCUT2D eigenvalue weighted by Gasteiger charge is 2.67. The van der Waals surface area contributed by atoms with E-state index >= 15 is 0 Å². The summed E-state index contributed by atoms with van der Waals surface area (Å²) in [5, 5.41) is 2.95. The van der Waals surface area contributed by atoms with E-state index in [-0.39, 0.29) is 5.91 Å². The number of methoxy groups -OCH3 is 1. The van der Waals surface area contributed by atoms with E-state index < -0.39 is 9.75 Å². The molecule has 3 nitrogen and oxygen atoms in total. The highest BCUT2D eigenvalue weighted by atomic mass is 35.5. The number of hydrogen-bond acceptors (Lipinski definition) is 2. The van der Waals surface area contributed by atoms with Gasteiger partial charge in [0.15, 0.2) is 0 Å². The summed E-state index contributed by atoms with van der Waals surface area (Å²) >= 11 is 12.1. The number of ether oxygens (including phenoxy) is 1. The maximum Gasteiger partial charge on any atom is 0.233 e. The Morgan fingerprint density at radius 2 is 1.95 bits per heavy atom. The fraction of sp³-hybridized carbons (Fsp3) is 0.562. The van der Waals surface area contributed by atoms with Gasteiger partial charge in [-0.15, -0.1) is 23.2 Å². The maximum absolute atomic E-state index is 12.4. The van der Waals surface area contributed by atoms with Crippen LogP contribution >= 0.6 is 23.2 Å². The number of alkyl halides is 2. The van der Waals surface area contributed by atoms with E-state index in [0.29, 0.717) is 12.3 Å². The number of rotatable bonds is 4. The second-order valence-electron chi connectivity index (χ2n) is 6.23. The normalized spacial score (nSPS) is 23.0. The fourth-order valence-electron chi connectivity index (χ4n) is 2.37. The van der Waals surface area contributed by atoms with Gasteiger partial charge < -0.3 is 10.1 Å². The van der Waals surface area contributed by atoms with E-state index in [0.717, 1.165) is 22.6 Å². The van der Waals surface area contributed by atoms with Crippen LogP contribution in [0.5, 0.6) is 5.75 Å². The van der Waals surface area contributed by atoms with Crippen LogP contribution in [0.25, 0.3) is 0 Å². The Kier molecular flexibility index (Phi) is 4.20. The van der Waals surface area contributed by atoms with Crippen LogP contribution in [0.4, 0.5) is 5.69 Å². The Morgan fingerprint density at radius 3 is 2.38 bits per heavy atom. The van der Waals surface area contributed by atoms with Gasteiger partial charge in [-0.25, -0.2) is 0 Å². The number of amides is 1. The zero-order valence-corrected chi connectivity index (χ0v) is 14.5. The van der Waals surface area contributed by atoms with E-state index in [4.69, 9.17) is 27.9 Å². The van der Waals surface area contributed by atoms with Crippen molar-refractivity contribution < 1.29 is 9.53 Å². The smallest absolute Gasteiger partial charge is 0.233 e. The molecule has 0 radical (unpaired) electrons. The molecule has 116 valence electrons. The Balaban J connectivity index is 2.29. The molecule has 0 aromatic heterocycles. The summed E-state index contributed by atoms with van der Waals surface area (Å²) < 4.78 is 4.45. The molecule has 0 saturated heterocycles. The second kappa shape index (κ2) is 5.36. The first kappa shape index (κ1) is 16.4. The summed E-state index contributed by atoms with van der Waals surface area (Å²) in [5.74, 6) is 0.991. The van der Waals surface area contributed by atoms with Gasteiger partial charge in [0, 0.05) is 5.69 Å². The van der Waals surface area contributed by atoms with Crippen molar-refractivity contribution >= 4 is 34.8 Å². The van der Waals surface area contributed by atoms with Crippen LogP contribution in [-0.4, -0.2) is 17.4 Å². The molecule has 5 heteroatoms. The van der Waals surface area contributed by atoms with Gasteiger partial charge in [-0.05, 0) is 49.4 Å². The molecule has 2 rings (SSSR count). The second-order valence-corrected chi connectivity index (χ2v) is 7.72. The number of halogens is 2. The van der Waals surface area contributed by atoms with Crippen molar-refractivity contribution in [2.75, 3.05) is 12.4 Å². The molecule has 0 bridgehead atoms. The third-order valence-electron chi connectivity index (χ3n) is 4.21. The number of benzene rings is 1. The molecular weight excluding hydrogens is 309 g/mol. The molecular formula is C16H21Cl2NO2. The Bertz CT molecular complexity index is 584. The van der Waals surface area contributed by atoms with Crippen molar-refractivity contribution in [3.8, 4) is 5.75 Å². The van der Waals surface area contributed by atoms with Gasteiger partial charge in [0.2, 0.25) is 5.91 Å². The zero-order valence-electron chi connectivity index (χ0n) is 13.0. The van der Waals surface area contributed by atoms with Crippen LogP contribution in [-0.2, 0) is 4.79 Å². The van der Waals surface area contributed by atoms with Gasteiger partial charge in [0.1, 0.15) is 10.1 Å². The minimum atomic E-state index is -0.960. The van der Waals surface area contributed by atoms with Crippen molar-refractivity contribution in [3.05, 3.63) is 23.3 Å². The molecule has 0 spiro atoms. The Hall–Kier alpha value is -0.930. The first-order valence-corrected chi connectivity index (χ1v) is 7.76. The van der Waals surface area contributed by atoms with Crippen LogP contribution in [0.2, 0.25) is 0 Å². The lowest BCUT2D eigenvalue weighted by molar-refractivity contribution is -0.120. The van der Waals surface area contributed by atoms with Crippen LogP contribution in [0.3, 0.4) is 0 Å². The highest BCUT2D eigenvalue weighted by molar-refractivity contribution is 6.53. The molecule has 1 aromatic carbocycles. The average molecular weight is 330 g/mol. The zero-order chi connectivity index (χ0) is 16.0. The molecule has 0 unspecified atom stereocenters. The minimum Gasteiger partial charge on any atom is -0.496 e. The number of carbonyl (C=O) groups is 1. The van der Waals surface area contributed by atoms with E-state index in [9.17, 15) is 4.79 Å². The Morgan fingerprint density at radius 1 is 1.38 bits per heavy atom. The minimum absolute atomic E-state index is 0.143. The number of hydrogen-bond donors (Lipinski definition) is 1. The largest absolute Gasteiger partial charge is 0.496 e. The predicted octanol–water partition coefficient (Wildman–Crippen LogP) is 4.65. The van der Waals surface area contributed by atoms with Crippen LogP contribution < -0.4 is 10.1 Å². The highest BCUT2D eigenvalue weighted by Crippen LogP contribution is 2.64. The van der Waals surface area contributed by atoms with Crippen molar-refractivity contribution in [2.45, 2.75) is 44.4 Å². The lowest BCUT2D eigenvalue weighted by atomic mass is 9.98. The monoisotopic (exact) mass is 329 g/mol. The maximum atomic E-state index is 12.4. The third-order valence-corrected chi connectivity index (χ3v) is 5.31. The van der Waals surface area contributed by atoms with Gasteiger partial charge in [0.05, 0.1) is 12.5 Å². The standard InChI is InChI=1S/C16H21Cl2NO2/c1-9(2)11-7-12(10(3)6-13(11)21-5)19-14(20)15(4)8-16(15,17)18/h6-7,9H,8H2,1-5H3,(H,19,20)/t15-/m0/s1. The van der Waals surface area contributed by atoms with Gasteiger partial charge in [-0.2, -0.15) is 0 Å². The molecule has 1 aliphatic rings. The summed E-state index contributed by atoms with van der Waals surface area (Å²) in [6.07, 6.45) is 0.473. The van der Waals surface area contributed by atoms with Crippen LogP contribution in [0.1, 0.15) is 44.2 Å². The molecule has 1 aromatic rings. The Labute approximate surface area is 136 Å². The number of carbonyl (C=O) groups excluding carboxylic acids is 1. The van der Waals surface area contributed by atoms with Gasteiger partial charge in [0.25, 0.3) is 0 Å². The molecule has 1 saturated carbocycles. The SMILES string of the molecule is COc1cc(C)c(NC(=O)[C@]2(C)CC2(Cl)Cl)cc1C(C)C. The van der Waals surface area contributed by atoms with Crippen molar-refractivity contribution in [1.82, 2.24) is 0 Å². The lowest BCUT2D eigenvalue weighted by Crippen LogP contribution is -2.26. The average Bonchev–Trinajstić information content (AvgIpc) is 2.91. The number of aryl methyl sites for hydroxylation is 1. The fourth-order valence-corrected chi connectivity index (χ4v) is 3.07. The summed E-state index contributed by atoms with van der Waals surface area (Å²) in [4.78, 5) is 12.4. The number of nitrogens with one attached hydrogen (secondary N) is 1. The van der Waals surface area contributed by atoms with Crippen molar-refractivity contribution in [2.24, 2.45) is 5.41 Å². The van der Waals surface area contributed by atoms with E-state index in [1.54, 1.807) is 14.0 Å². The molecule has 1 atom stereocenters. The predicted molar refractivity (Wildman–Crippen MR) is 87.6 cm³/mol. The van der Waals surface area contributed by atoms with Crippen LogP contribution in [0.15, 0.2) is 12.1 Å². The van der Waals surface area contributed by atoms with E-state index in [2.05, 4.69) is 19.2 Å². The molecule has 0 heterocycles. The quantitative estimate of drug-likeness (QED) is 0.816. The first-order valence-electron chi connectivity index (χ1n) is 7.00. The molecule has 1 fully saturated rings. The molecule has 21 heavy (non-hydrogen) atoms.